The molecule has 0 saturated heterocycles. The maximum Gasteiger partial charge on any atom is 0.344 e. The zero-order valence-electron chi connectivity index (χ0n) is 14.8. The lowest BCUT2D eigenvalue weighted by Crippen LogP contribution is -2.24. The van der Waals surface area contributed by atoms with Gasteiger partial charge in [0.2, 0.25) is 0 Å². The number of hydrogen-bond acceptors (Lipinski definition) is 5. The van der Waals surface area contributed by atoms with Gasteiger partial charge in [0.15, 0.2) is 19.0 Å². The molecule has 0 unspecified atom stereocenters. The maximum absolute atomic E-state index is 11.9. The van der Waals surface area contributed by atoms with Crippen LogP contribution in [0.4, 0.5) is 5.69 Å². The largest absolute Gasteiger partial charge is 0.482 e. The van der Waals surface area contributed by atoms with Crippen LogP contribution in [0, 0.1) is 0 Å². The van der Waals surface area contributed by atoms with Crippen molar-refractivity contribution in [3.8, 4) is 5.75 Å². The molecule has 0 aliphatic rings. The molecule has 0 atom stereocenters. The molecule has 26 heavy (non-hydrogen) atoms. The SMILES string of the molecule is CCc1ccc(OCC(=O)OCC(=O)Nc2ccccc2C(C)=O)cc1. The van der Waals surface area contributed by atoms with Gasteiger partial charge in [-0.15, -0.1) is 0 Å². The molecule has 0 saturated carbocycles. The molecular weight excluding hydrogens is 334 g/mol. The normalized spacial score (nSPS) is 10.1. The summed E-state index contributed by atoms with van der Waals surface area (Å²) in [5.74, 6) is -0.793. The van der Waals surface area contributed by atoms with Gasteiger partial charge in [-0.25, -0.2) is 4.79 Å². The summed E-state index contributed by atoms with van der Waals surface area (Å²) >= 11 is 0. The van der Waals surface area contributed by atoms with Gasteiger partial charge < -0.3 is 14.8 Å². The summed E-state index contributed by atoms with van der Waals surface area (Å²) in [6.07, 6.45) is 0.921. The first-order valence-corrected chi connectivity index (χ1v) is 8.26. The standard InChI is InChI=1S/C20H21NO5/c1-3-15-8-10-16(11-9-15)25-13-20(24)26-12-19(23)21-18-7-5-4-6-17(18)14(2)22/h4-11H,3,12-13H2,1-2H3,(H,21,23). The molecule has 2 aromatic rings. The smallest absolute Gasteiger partial charge is 0.344 e. The molecule has 0 heterocycles. The van der Waals surface area contributed by atoms with Crippen molar-refractivity contribution in [2.45, 2.75) is 20.3 Å². The molecule has 0 aliphatic heterocycles. The van der Waals surface area contributed by atoms with E-state index >= 15 is 0 Å². The average molecular weight is 355 g/mol. The highest BCUT2D eigenvalue weighted by Crippen LogP contribution is 2.15. The lowest BCUT2D eigenvalue weighted by Gasteiger charge is -2.10. The van der Waals surface area contributed by atoms with Crippen molar-refractivity contribution in [2.75, 3.05) is 18.5 Å². The zero-order chi connectivity index (χ0) is 18.9. The van der Waals surface area contributed by atoms with Gasteiger partial charge in [-0.2, -0.15) is 0 Å². The van der Waals surface area contributed by atoms with Crippen molar-refractivity contribution < 1.29 is 23.9 Å². The third kappa shape index (κ3) is 5.73. The van der Waals surface area contributed by atoms with Crippen LogP contribution in [0.25, 0.3) is 0 Å². The van der Waals surface area contributed by atoms with Gasteiger partial charge >= 0.3 is 5.97 Å². The van der Waals surface area contributed by atoms with E-state index in [1.807, 2.05) is 19.1 Å². The van der Waals surface area contributed by atoms with Crippen LogP contribution in [-0.2, 0) is 20.7 Å². The van der Waals surface area contributed by atoms with Gasteiger partial charge in [0.1, 0.15) is 5.75 Å². The van der Waals surface area contributed by atoms with Crippen LogP contribution >= 0.6 is 0 Å². The molecule has 0 bridgehead atoms. The summed E-state index contributed by atoms with van der Waals surface area (Å²) in [5.41, 5.74) is 1.95. The summed E-state index contributed by atoms with van der Waals surface area (Å²) in [5, 5.41) is 2.56. The summed E-state index contributed by atoms with van der Waals surface area (Å²) in [6.45, 7) is 2.72. The first kappa shape index (κ1) is 19.2. The van der Waals surface area contributed by atoms with Gasteiger partial charge in [0, 0.05) is 5.56 Å². The topological polar surface area (TPSA) is 81.7 Å². The summed E-state index contributed by atoms with van der Waals surface area (Å²) < 4.78 is 10.2. The van der Waals surface area contributed by atoms with Crippen LogP contribution in [0.5, 0.6) is 5.75 Å². The Morgan fingerprint density at radius 3 is 2.31 bits per heavy atom. The fourth-order valence-corrected chi connectivity index (χ4v) is 2.24. The van der Waals surface area contributed by atoms with Gasteiger partial charge in [-0.1, -0.05) is 31.2 Å². The van der Waals surface area contributed by atoms with E-state index in [1.54, 1.807) is 36.4 Å². The van der Waals surface area contributed by atoms with Crippen LogP contribution < -0.4 is 10.1 Å². The van der Waals surface area contributed by atoms with Gasteiger partial charge in [-0.3, -0.25) is 9.59 Å². The first-order chi connectivity index (χ1) is 12.5. The van der Waals surface area contributed by atoms with E-state index < -0.39 is 18.5 Å². The Bertz CT molecular complexity index is 783. The molecule has 1 amide bonds. The number of aryl methyl sites for hydroxylation is 1. The highest BCUT2D eigenvalue weighted by molar-refractivity contribution is 6.04. The third-order valence-electron chi connectivity index (χ3n) is 3.63. The van der Waals surface area contributed by atoms with Gasteiger partial charge in [0.05, 0.1) is 5.69 Å². The molecule has 0 spiro atoms. The number of ether oxygens (including phenoxy) is 2. The number of Topliss-reactive ketones (excluding diaryl/α,β-unsaturated/α-hetero) is 1. The second-order valence-corrected chi connectivity index (χ2v) is 5.60. The molecule has 0 fully saturated rings. The van der Waals surface area contributed by atoms with Crippen LogP contribution in [0.2, 0.25) is 0 Å². The van der Waals surface area contributed by atoms with Crippen LogP contribution in [0.3, 0.4) is 0 Å². The van der Waals surface area contributed by atoms with Gasteiger partial charge in [-0.05, 0) is 43.2 Å². The Labute approximate surface area is 152 Å². The Hall–Kier alpha value is -3.15. The second kappa shape index (κ2) is 9.36. The first-order valence-electron chi connectivity index (χ1n) is 8.26. The maximum atomic E-state index is 11.9. The van der Waals surface area contributed by atoms with E-state index in [2.05, 4.69) is 5.32 Å². The van der Waals surface area contributed by atoms with Crippen molar-refractivity contribution in [3.63, 3.8) is 0 Å². The van der Waals surface area contributed by atoms with Crippen molar-refractivity contribution >= 4 is 23.3 Å². The molecule has 0 radical (unpaired) electrons. The van der Waals surface area contributed by atoms with Crippen molar-refractivity contribution in [1.29, 1.82) is 0 Å². The second-order valence-electron chi connectivity index (χ2n) is 5.60. The molecule has 0 aliphatic carbocycles. The Morgan fingerprint density at radius 2 is 1.65 bits per heavy atom. The Kier molecular flexibility index (Phi) is 6.91. The van der Waals surface area contributed by atoms with E-state index in [9.17, 15) is 14.4 Å². The molecule has 136 valence electrons. The summed E-state index contributed by atoms with van der Waals surface area (Å²) in [4.78, 5) is 35.1. The minimum atomic E-state index is -0.653. The fourth-order valence-electron chi connectivity index (χ4n) is 2.24. The number of esters is 1. The molecule has 1 N–H and O–H groups in total. The van der Waals surface area contributed by atoms with E-state index in [0.29, 0.717) is 17.0 Å². The number of amides is 1. The monoisotopic (exact) mass is 355 g/mol. The number of para-hydroxylation sites is 1. The number of carbonyl (C=O) groups is 3. The molecule has 6 heteroatoms. The lowest BCUT2D eigenvalue weighted by atomic mass is 10.1. The minimum Gasteiger partial charge on any atom is -0.482 e. The number of nitrogens with one attached hydrogen (secondary N) is 1. The number of anilines is 1. The predicted molar refractivity (Wildman–Crippen MR) is 97.4 cm³/mol. The third-order valence-corrected chi connectivity index (χ3v) is 3.63. The van der Waals surface area contributed by atoms with E-state index in [4.69, 9.17) is 9.47 Å². The zero-order valence-corrected chi connectivity index (χ0v) is 14.8. The van der Waals surface area contributed by atoms with E-state index in [0.717, 1.165) is 6.42 Å². The quantitative estimate of drug-likeness (QED) is 0.581. The minimum absolute atomic E-state index is 0.166. The van der Waals surface area contributed by atoms with E-state index in [1.165, 1.54) is 12.5 Å². The lowest BCUT2D eigenvalue weighted by molar-refractivity contribution is -0.149. The van der Waals surface area contributed by atoms with Crippen molar-refractivity contribution in [1.82, 2.24) is 0 Å². The molecule has 2 rings (SSSR count). The average Bonchev–Trinajstić information content (AvgIpc) is 2.65. The predicted octanol–water partition coefficient (Wildman–Crippen LogP) is 3.01. The van der Waals surface area contributed by atoms with Crippen LogP contribution in [-0.4, -0.2) is 30.9 Å². The molecule has 6 nitrogen and oxygen atoms in total. The summed E-state index contributed by atoms with van der Waals surface area (Å²) in [7, 11) is 0. The highest BCUT2D eigenvalue weighted by Gasteiger charge is 2.12. The Balaban J connectivity index is 1.78. The number of benzene rings is 2. The molecular formula is C20H21NO5. The highest BCUT2D eigenvalue weighted by atomic mass is 16.6. The summed E-state index contributed by atoms with van der Waals surface area (Å²) in [6, 6.07) is 14.0. The van der Waals surface area contributed by atoms with Crippen LogP contribution in [0.1, 0.15) is 29.8 Å². The van der Waals surface area contributed by atoms with Crippen molar-refractivity contribution in [2.24, 2.45) is 0 Å². The van der Waals surface area contributed by atoms with Crippen molar-refractivity contribution in [3.05, 3.63) is 59.7 Å². The Morgan fingerprint density at radius 1 is 0.962 bits per heavy atom. The molecule has 2 aromatic carbocycles. The number of carbonyl (C=O) groups excluding carboxylic acids is 3. The van der Waals surface area contributed by atoms with Gasteiger partial charge in [0.25, 0.3) is 5.91 Å². The number of ketones is 1. The fraction of sp³-hybridized carbons (Fsp3) is 0.250. The molecule has 0 aromatic heterocycles. The van der Waals surface area contributed by atoms with E-state index in [-0.39, 0.29) is 12.4 Å². The van der Waals surface area contributed by atoms with Crippen LogP contribution in [0.15, 0.2) is 48.5 Å². The number of rotatable bonds is 8. The number of hydrogen-bond donors (Lipinski definition) is 1.